The fourth-order valence-corrected chi connectivity index (χ4v) is 5.19. The molecule has 0 spiro atoms. The Morgan fingerprint density at radius 3 is 2.26 bits per heavy atom. The number of hydrogen-bond donors (Lipinski definition) is 3. The number of aryl methyl sites for hydroxylation is 2. The number of carbonyl (C=O) groups is 2. The van der Waals surface area contributed by atoms with Crippen molar-refractivity contribution in [3.05, 3.63) is 64.2 Å². The number of aliphatic carboxylic acids is 1. The predicted molar refractivity (Wildman–Crippen MR) is 156 cm³/mol. The van der Waals surface area contributed by atoms with Gasteiger partial charge in [0.25, 0.3) is 0 Å². The summed E-state index contributed by atoms with van der Waals surface area (Å²) >= 11 is 0. The Morgan fingerprint density at radius 2 is 1.64 bits per heavy atom. The molecule has 0 radical (unpaired) electrons. The summed E-state index contributed by atoms with van der Waals surface area (Å²) in [7, 11) is 0. The van der Waals surface area contributed by atoms with Gasteiger partial charge in [0.05, 0.1) is 17.0 Å². The van der Waals surface area contributed by atoms with Crippen LogP contribution in [0, 0.1) is 27.7 Å². The Kier molecular flexibility index (Phi) is 7.75. The van der Waals surface area contributed by atoms with Crippen LogP contribution >= 0.6 is 0 Å². The Balaban J connectivity index is 2.14. The molecule has 1 amide bonds. The zero-order valence-electron chi connectivity index (χ0n) is 24.0. The van der Waals surface area contributed by atoms with Crippen LogP contribution in [0.4, 0.5) is 11.4 Å². The van der Waals surface area contributed by atoms with Crippen LogP contribution in [0.25, 0.3) is 22.3 Å². The van der Waals surface area contributed by atoms with E-state index in [-0.39, 0.29) is 5.91 Å². The maximum absolute atomic E-state index is 12.8. The fraction of sp³-hybridized carbons (Fsp3) is 0.375. The first-order valence-electron chi connectivity index (χ1n) is 13.2. The number of hydrogen-bond acceptors (Lipinski definition) is 5. The molecular formula is C32H38N2O5. The summed E-state index contributed by atoms with van der Waals surface area (Å²) in [6, 6.07) is 12.1. The number of carboxylic acids is 1. The van der Waals surface area contributed by atoms with Gasteiger partial charge in [-0.25, -0.2) is 4.79 Å². The van der Waals surface area contributed by atoms with Crippen molar-refractivity contribution in [3.63, 3.8) is 0 Å². The van der Waals surface area contributed by atoms with Crippen LogP contribution < -0.4 is 15.4 Å². The Morgan fingerprint density at radius 1 is 0.974 bits per heavy atom. The minimum absolute atomic E-state index is 0.238. The number of carboxylic acid groups (broad SMARTS) is 1. The van der Waals surface area contributed by atoms with Crippen molar-refractivity contribution in [2.75, 3.05) is 23.8 Å². The molecular weight excluding hydrogens is 492 g/mol. The average Bonchev–Trinajstić information content (AvgIpc) is 2.85. The van der Waals surface area contributed by atoms with Crippen LogP contribution in [-0.2, 0) is 14.3 Å². The van der Waals surface area contributed by atoms with Crippen molar-refractivity contribution in [2.45, 2.75) is 67.1 Å². The molecule has 7 nitrogen and oxygen atoms in total. The molecule has 1 atom stereocenters. The fourth-order valence-electron chi connectivity index (χ4n) is 5.19. The first-order chi connectivity index (χ1) is 18.3. The van der Waals surface area contributed by atoms with Crippen LogP contribution in [0.15, 0.2) is 36.4 Å². The molecule has 0 bridgehead atoms. The van der Waals surface area contributed by atoms with Gasteiger partial charge in [0.15, 0.2) is 6.10 Å². The standard InChI is InChI=1S/C32H38N2O5/c1-17-9-10-22(15-18(17)2)27-19(3)26(23-11-12-24-25(16-23)38-14-13-33-24)28(20(4)29(27)34-21(5)35)30(31(36)37)39-32(6,7)8/h9-12,15-16,30,33H,13-14H2,1-8H3,(H,34,35)(H,36,37). The van der Waals surface area contributed by atoms with Gasteiger partial charge in [-0.1, -0.05) is 24.3 Å². The molecule has 3 N–H and O–H groups in total. The van der Waals surface area contributed by atoms with E-state index >= 15 is 0 Å². The van der Waals surface area contributed by atoms with Gasteiger partial charge >= 0.3 is 5.97 Å². The van der Waals surface area contributed by atoms with E-state index in [1.165, 1.54) is 6.92 Å². The van der Waals surface area contributed by atoms with E-state index in [2.05, 4.69) is 36.6 Å². The highest BCUT2D eigenvalue weighted by Gasteiger charge is 2.34. The number of rotatable bonds is 6. The Labute approximate surface area is 230 Å². The van der Waals surface area contributed by atoms with Crippen molar-refractivity contribution in [2.24, 2.45) is 0 Å². The van der Waals surface area contributed by atoms with Gasteiger partial charge in [-0.05, 0) is 99.5 Å². The maximum atomic E-state index is 12.8. The van der Waals surface area contributed by atoms with E-state index in [0.29, 0.717) is 29.2 Å². The van der Waals surface area contributed by atoms with Gasteiger partial charge in [-0.3, -0.25) is 4.79 Å². The third kappa shape index (κ3) is 5.78. The summed E-state index contributed by atoms with van der Waals surface area (Å²) in [6.45, 7) is 16.2. The van der Waals surface area contributed by atoms with E-state index in [0.717, 1.165) is 51.2 Å². The van der Waals surface area contributed by atoms with Gasteiger partial charge in [-0.15, -0.1) is 0 Å². The third-order valence-electron chi connectivity index (χ3n) is 7.05. The summed E-state index contributed by atoms with van der Waals surface area (Å²) in [5.41, 5.74) is 8.39. The first-order valence-corrected chi connectivity index (χ1v) is 13.2. The van der Waals surface area contributed by atoms with Crippen LogP contribution in [-0.4, -0.2) is 35.7 Å². The highest BCUT2D eigenvalue weighted by atomic mass is 16.5. The minimum atomic E-state index is -1.27. The Bertz CT molecular complexity index is 1450. The molecule has 1 aliphatic rings. The Hall–Kier alpha value is -3.84. The van der Waals surface area contributed by atoms with Gasteiger partial charge in [-0.2, -0.15) is 0 Å². The van der Waals surface area contributed by atoms with E-state index in [1.54, 1.807) is 0 Å². The van der Waals surface area contributed by atoms with Crippen molar-refractivity contribution in [3.8, 4) is 28.0 Å². The van der Waals surface area contributed by atoms with Crippen LogP contribution in [0.3, 0.4) is 0 Å². The number of ether oxygens (including phenoxy) is 2. The summed E-state index contributed by atoms with van der Waals surface area (Å²) in [5, 5.41) is 16.8. The van der Waals surface area contributed by atoms with Crippen molar-refractivity contribution in [1.29, 1.82) is 0 Å². The van der Waals surface area contributed by atoms with Crippen LogP contribution in [0.2, 0.25) is 0 Å². The van der Waals surface area contributed by atoms with Crippen molar-refractivity contribution in [1.82, 2.24) is 0 Å². The zero-order chi connectivity index (χ0) is 28.6. The lowest BCUT2D eigenvalue weighted by Crippen LogP contribution is -2.29. The first kappa shape index (κ1) is 28.2. The maximum Gasteiger partial charge on any atom is 0.337 e. The van der Waals surface area contributed by atoms with Gasteiger partial charge in [0.2, 0.25) is 5.91 Å². The molecule has 206 valence electrons. The SMILES string of the molecule is CC(=O)Nc1c(C)c(C(OC(C)(C)C)C(=O)O)c(-c2ccc3c(c2)OCCN3)c(C)c1-c1ccc(C)c(C)c1. The smallest absolute Gasteiger partial charge is 0.337 e. The number of carbonyl (C=O) groups excluding carboxylic acids is 1. The molecule has 39 heavy (non-hydrogen) atoms. The monoisotopic (exact) mass is 530 g/mol. The number of nitrogens with one attached hydrogen (secondary N) is 2. The summed E-state index contributed by atoms with van der Waals surface area (Å²) in [5.74, 6) is -0.626. The highest BCUT2D eigenvalue weighted by molar-refractivity contribution is 6.01. The molecule has 0 fully saturated rings. The molecule has 3 aromatic carbocycles. The highest BCUT2D eigenvalue weighted by Crippen LogP contribution is 2.48. The lowest BCUT2D eigenvalue weighted by atomic mass is 9.81. The van der Waals surface area contributed by atoms with E-state index in [4.69, 9.17) is 9.47 Å². The van der Waals surface area contributed by atoms with Crippen molar-refractivity contribution >= 4 is 23.3 Å². The average molecular weight is 531 g/mol. The molecule has 1 aliphatic heterocycles. The normalized spacial score (nSPS) is 13.6. The molecule has 0 saturated carbocycles. The van der Waals surface area contributed by atoms with E-state index in [1.807, 2.05) is 58.9 Å². The van der Waals surface area contributed by atoms with E-state index in [9.17, 15) is 14.7 Å². The molecule has 0 saturated heterocycles. The molecule has 3 aromatic rings. The predicted octanol–water partition coefficient (Wildman–Crippen LogP) is 6.96. The molecule has 1 unspecified atom stereocenters. The lowest BCUT2D eigenvalue weighted by molar-refractivity contribution is -0.160. The van der Waals surface area contributed by atoms with E-state index < -0.39 is 17.7 Å². The minimum Gasteiger partial charge on any atom is -0.490 e. The molecule has 4 rings (SSSR count). The second-order valence-electron chi connectivity index (χ2n) is 11.2. The van der Waals surface area contributed by atoms with Gasteiger partial charge in [0, 0.05) is 24.6 Å². The largest absolute Gasteiger partial charge is 0.490 e. The number of benzene rings is 3. The molecule has 0 aromatic heterocycles. The summed E-state index contributed by atoms with van der Waals surface area (Å²) in [4.78, 5) is 25.2. The number of amides is 1. The number of anilines is 2. The topological polar surface area (TPSA) is 96.9 Å². The molecule has 1 heterocycles. The van der Waals surface area contributed by atoms with Crippen LogP contribution in [0.1, 0.15) is 61.6 Å². The summed E-state index contributed by atoms with van der Waals surface area (Å²) < 4.78 is 12.1. The third-order valence-corrected chi connectivity index (χ3v) is 7.05. The molecule has 7 heteroatoms. The second-order valence-corrected chi connectivity index (χ2v) is 11.2. The van der Waals surface area contributed by atoms with Gasteiger partial charge in [0.1, 0.15) is 12.4 Å². The quantitative estimate of drug-likeness (QED) is 0.319. The number of fused-ring (bicyclic) bond motifs is 1. The zero-order valence-corrected chi connectivity index (χ0v) is 24.0. The van der Waals surface area contributed by atoms with Crippen molar-refractivity contribution < 1.29 is 24.2 Å². The van der Waals surface area contributed by atoms with Gasteiger partial charge < -0.3 is 25.2 Å². The second kappa shape index (κ2) is 10.7. The lowest BCUT2D eigenvalue weighted by Gasteiger charge is -2.31. The summed E-state index contributed by atoms with van der Waals surface area (Å²) in [6.07, 6.45) is -1.27. The van der Waals surface area contributed by atoms with Crippen LogP contribution in [0.5, 0.6) is 5.75 Å². The molecule has 0 aliphatic carbocycles.